The molecule has 0 saturated heterocycles. The highest BCUT2D eigenvalue weighted by Crippen LogP contribution is 2.35. The molecule has 2 bridgehead atoms. The number of rotatable bonds is 0. The van der Waals surface area contributed by atoms with Crippen molar-refractivity contribution in [3.8, 4) is 0 Å². The van der Waals surface area contributed by atoms with Crippen LogP contribution in [0.15, 0.2) is 12.2 Å². The van der Waals surface area contributed by atoms with Crippen molar-refractivity contribution >= 4 is 0 Å². The molecule has 0 amide bonds. The molecule has 43 valence electrons. The first kappa shape index (κ1) is 4.60. The summed E-state index contributed by atoms with van der Waals surface area (Å²) in [6, 6.07) is 0. The minimum absolute atomic E-state index is 0.855. The third kappa shape index (κ3) is 0.594. The second-order valence-electron chi connectivity index (χ2n) is 2.86. The molecule has 8 heavy (non-hydrogen) atoms. The van der Waals surface area contributed by atoms with Gasteiger partial charge in [0.25, 0.3) is 0 Å². The highest BCUT2D eigenvalue weighted by Gasteiger charge is 2.22. The smallest absolute Gasteiger partial charge is 0.0197 e. The van der Waals surface area contributed by atoms with Crippen LogP contribution in [0.25, 0.3) is 0 Å². The zero-order chi connectivity index (χ0) is 5.40. The van der Waals surface area contributed by atoms with Gasteiger partial charge in [0.1, 0.15) is 0 Å². The number of hydrogen-bond donors (Lipinski definition) is 0. The minimum atomic E-state index is 0.855. The number of hydrogen-bond acceptors (Lipinski definition) is 0. The third-order valence-corrected chi connectivity index (χ3v) is 2.21. The molecule has 0 aliphatic heterocycles. The Balaban J connectivity index is 2.13. The Morgan fingerprint density at radius 2 is 2.25 bits per heavy atom. The lowest BCUT2D eigenvalue weighted by Crippen LogP contribution is -2.05. The first-order valence-electron chi connectivity index (χ1n) is 3.47. The Bertz CT molecular complexity index is 101. The maximum absolute atomic E-state index is 2.44. The second kappa shape index (κ2) is 1.61. The van der Waals surface area contributed by atoms with Gasteiger partial charge in [-0.05, 0) is 37.5 Å². The van der Waals surface area contributed by atoms with Crippen molar-refractivity contribution in [3.05, 3.63) is 18.6 Å². The van der Waals surface area contributed by atoms with E-state index in [1.165, 1.54) is 19.3 Å². The quantitative estimate of drug-likeness (QED) is 0.416. The summed E-state index contributed by atoms with van der Waals surface area (Å²) in [6.45, 7) is 0. The lowest BCUT2D eigenvalue weighted by Gasteiger charge is -2.17. The van der Waals surface area contributed by atoms with Gasteiger partial charge in [0, 0.05) is 0 Å². The molecule has 0 aromatic heterocycles. The molecule has 0 aromatic rings. The van der Waals surface area contributed by atoms with E-state index < -0.39 is 0 Å². The summed E-state index contributed by atoms with van der Waals surface area (Å²) in [5.74, 6) is 1.80. The summed E-state index contributed by atoms with van der Waals surface area (Å²) in [4.78, 5) is 0. The van der Waals surface area contributed by atoms with Gasteiger partial charge in [0.05, 0.1) is 0 Å². The molecule has 2 aliphatic rings. The SMILES string of the molecule is [CH]1CCC2C=CC1C2. The van der Waals surface area contributed by atoms with E-state index in [2.05, 4.69) is 18.6 Å². The summed E-state index contributed by atoms with van der Waals surface area (Å²) in [5.41, 5.74) is 0. The van der Waals surface area contributed by atoms with E-state index >= 15 is 0 Å². The van der Waals surface area contributed by atoms with E-state index in [1.807, 2.05) is 0 Å². The van der Waals surface area contributed by atoms with Gasteiger partial charge in [-0.25, -0.2) is 0 Å². The fourth-order valence-corrected chi connectivity index (χ4v) is 1.72. The molecule has 1 radical (unpaired) electrons. The van der Waals surface area contributed by atoms with Crippen LogP contribution in [0, 0.1) is 18.3 Å². The Morgan fingerprint density at radius 3 is 3.00 bits per heavy atom. The van der Waals surface area contributed by atoms with Crippen LogP contribution in [0.1, 0.15) is 19.3 Å². The topological polar surface area (TPSA) is 0 Å². The first-order valence-corrected chi connectivity index (χ1v) is 3.47. The summed E-state index contributed by atoms with van der Waals surface area (Å²) < 4.78 is 0. The maximum Gasteiger partial charge on any atom is -0.0197 e. The van der Waals surface area contributed by atoms with Gasteiger partial charge in [0.2, 0.25) is 0 Å². The molecule has 1 fully saturated rings. The molecule has 2 unspecified atom stereocenters. The van der Waals surface area contributed by atoms with Crippen molar-refractivity contribution in [2.24, 2.45) is 11.8 Å². The van der Waals surface area contributed by atoms with E-state index in [0.29, 0.717) is 0 Å². The van der Waals surface area contributed by atoms with Crippen LogP contribution in [0.5, 0.6) is 0 Å². The van der Waals surface area contributed by atoms with E-state index in [-0.39, 0.29) is 0 Å². The normalized spacial score (nSPS) is 43.0. The second-order valence-corrected chi connectivity index (χ2v) is 2.86. The molecular formula is C8H11. The van der Waals surface area contributed by atoms with Gasteiger partial charge >= 0.3 is 0 Å². The van der Waals surface area contributed by atoms with Gasteiger partial charge in [-0.1, -0.05) is 12.2 Å². The van der Waals surface area contributed by atoms with Crippen molar-refractivity contribution in [2.45, 2.75) is 19.3 Å². The molecular weight excluding hydrogens is 96.1 g/mol. The van der Waals surface area contributed by atoms with Crippen LogP contribution in [0.2, 0.25) is 0 Å². The molecule has 0 aromatic carbocycles. The molecule has 1 saturated carbocycles. The Morgan fingerprint density at radius 1 is 1.25 bits per heavy atom. The van der Waals surface area contributed by atoms with Crippen LogP contribution in [0.3, 0.4) is 0 Å². The van der Waals surface area contributed by atoms with E-state index in [9.17, 15) is 0 Å². The lowest BCUT2D eigenvalue weighted by molar-refractivity contribution is 0.457. The fraction of sp³-hybridized carbons (Fsp3) is 0.625. The summed E-state index contributed by atoms with van der Waals surface area (Å²) in [7, 11) is 0. The number of fused-ring (bicyclic) bond motifs is 2. The third-order valence-electron chi connectivity index (χ3n) is 2.21. The molecule has 0 nitrogen and oxygen atoms in total. The van der Waals surface area contributed by atoms with E-state index in [1.54, 1.807) is 0 Å². The van der Waals surface area contributed by atoms with Crippen molar-refractivity contribution in [1.82, 2.24) is 0 Å². The van der Waals surface area contributed by atoms with Gasteiger partial charge in [-0.2, -0.15) is 0 Å². The van der Waals surface area contributed by atoms with Gasteiger partial charge in [-0.15, -0.1) is 0 Å². The van der Waals surface area contributed by atoms with Crippen molar-refractivity contribution in [2.75, 3.05) is 0 Å². The van der Waals surface area contributed by atoms with Crippen LogP contribution in [0.4, 0.5) is 0 Å². The largest absolute Gasteiger partial charge is 0.0851 e. The lowest BCUT2D eigenvalue weighted by atomic mass is 9.88. The monoisotopic (exact) mass is 107 g/mol. The standard InChI is InChI=1S/C8H11/c1-2-7-4-5-8(3-1)6-7/h2,4-5,7-8H,1,3,6H2. The highest BCUT2D eigenvalue weighted by molar-refractivity contribution is 5.09. The Kier molecular flexibility index (Phi) is 0.927. The van der Waals surface area contributed by atoms with Crippen molar-refractivity contribution in [3.63, 3.8) is 0 Å². The fourth-order valence-electron chi connectivity index (χ4n) is 1.72. The molecule has 2 aliphatic carbocycles. The van der Waals surface area contributed by atoms with Crippen molar-refractivity contribution in [1.29, 1.82) is 0 Å². The Hall–Kier alpha value is -0.260. The highest BCUT2D eigenvalue weighted by atomic mass is 14.3. The number of allylic oxidation sites excluding steroid dienone is 2. The van der Waals surface area contributed by atoms with Crippen LogP contribution in [-0.4, -0.2) is 0 Å². The van der Waals surface area contributed by atoms with Crippen LogP contribution in [-0.2, 0) is 0 Å². The molecule has 0 N–H and O–H groups in total. The summed E-state index contributed by atoms with van der Waals surface area (Å²) >= 11 is 0. The molecule has 0 spiro atoms. The zero-order valence-corrected chi connectivity index (χ0v) is 5.01. The maximum atomic E-state index is 2.44. The summed E-state index contributed by atoms with van der Waals surface area (Å²) in [6.07, 6.45) is 11.4. The van der Waals surface area contributed by atoms with Crippen LogP contribution < -0.4 is 0 Å². The molecule has 0 heterocycles. The predicted molar refractivity (Wildman–Crippen MR) is 34.3 cm³/mol. The van der Waals surface area contributed by atoms with Gasteiger partial charge in [-0.3, -0.25) is 0 Å². The predicted octanol–water partition coefficient (Wildman–Crippen LogP) is 2.18. The zero-order valence-electron chi connectivity index (χ0n) is 5.01. The van der Waals surface area contributed by atoms with Crippen molar-refractivity contribution < 1.29 is 0 Å². The van der Waals surface area contributed by atoms with E-state index in [0.717, 1.165) is 11.8 Å². The first-order chi connectivity index (χ1) is 3.95. The average Bonchev–Trinajstić information content (AvgIpc) is 2.12. The molecule has 2 atom stereocenters. The van der Waals surface area contributed by atoms with Crippen LogP contribution >= 0.6 is 0 Å². The van der Waals surface area contributed by atoms with Gasteiger partial charge in [0.15, 0.2) is 0 Å². The average molecular weight is 107 g/mol. The molecule has 2 rings (SSSR count). The summed E-state index contributed by atoms with van der Waals surface area (Å²) in [5, 5.41) is 0. The van der Waals surface area contributed by atoms with Gasteiger partial charge < -0.3 is 0 Å². The van der Waals surface area contributed by atoms with E-state index in [4.69, 9.17) is 0 Å². The molecule has 0 heteroatoms. The minimum Gasteiger partial charge on any atom is -0.0851 e. The Labute approximate surface area is 50.6 Å².